The summed E-state index contributed by atoms with van der Waals surface area (Å²) in [6.07, 6.45) is 0.198. The van der Waals surface area contributed by atoms with Crippen LogP contribution in [0.5, 0.6) is 0 Å². The minimum Gasteiger partial charge on any atom is -0.481 e. The molecule has 0 heterocycles. The standard InChI is InChI=1S/C8H15NO4/c1-3-8(2,4-5(10)11)6(9)7(12)13/h6H,3-4,9H2,1-2H3,(H,10,11)(H,12,13)/t6-,8?/m1/s1. The van der Waals surface area contributed by atoms with Crippen LogP contribution in [-0.4, -0.2) is 28.2 Å². The summed E-state index contributed by atoms with van der Waals surface area (Å²) >= 11 is 0. The van der Waals surface area contributed by atoms with Crippen LogP contribution < -0.4 is 5.73 Å². The maximum atomic E-state index is 10.6. The van der Waals surface area contributed by atoms with Crippen molar-refractivity contribution in [2.75, 3.05) is 0 Å². The van der Waals surface area contributed by atoms with Gasteiger partial charge in [-0.05, 0) is 6.42 Å². The molecule has 0 aromatic heterocycles. The van der Waals surface area contributed by atoms with Gasteiger partial charge >= 0.3 is 11.9 Å². The Kier molecular flexibility index (Phi) is 3.87. The topological polar surface area (TPSA) is 101 Å². The minimum absolute atomic E-state index is 0.225. The Bertz CT molecular complexity index is 216. The molecule has 4 N–H and O–H groups in total. The second-order valence-corrected chi connectivity index (χ2v) is 3.39. The Morgan fingerprint density at radius 2 is 1.92 bits per heavy atom. The molecule has 0 fully saturated rings. The van der Waals surface area contributed by atoms with Gasteiger partial charge < -0.3 is 15.9 Å². The Hall–Kier alpha value is -1.10. The zero-order valence-electron chi connectivity index (χ0n) is 7.78. The number of hydrogen-bond donors (Lipinski definition) is 3. The molecule has 13 heavy (non-hydrogen) atoms. The summed E-state index contributed by atoms with van der Waals surface area (Å²) in [6, 6.07) is -1.13. The van der Waals surface area contributed by atoms with Gasteiger partial charge in [0.25, 0.3) is 0 Å². The molecule has 0 aliphatic heterocycles. The molecular formula is C8H15NO4. The highest BCUT2D eigenvalue weighted by Crippen LogP contribution is 2.29. The van der Waals surface area contributed by atoms with Crippen molar-refractivity contribution >= 4 is 11.9 Å². The zero-order chi connectivity index (χ0) is 10.6. The van der Waals surface area contributed by atoms with Crippen LogP contribution in [-0.2, 0) is 9.59 Å². The third-order valence-corrected chi connectivity index (χ3v) is 2.38. The largest absolute Gasteiger partial charge is 0.481 e. The average Bonchev–Trinajstić information content (AvgIpc) is 2.01. The SMILES string of the molecule is CCC(C)(CC(=O)O)[C@H](N)C(=O)O. The first-order valence-corrected chi connectivity index (χ1v) is 4.03. The van der Waals surface area contributed by atoms with Crippen LogP contribution in [0, 0.1) is 5.41 Å². The van der Waals surface area contributed by atoms with E-state index in [0.717, 1.165) is 0 Å². The second kappa shape index (κ2) is 4.23. The predicted molar refractivity (Wildman–Crippen MR) is 46.3 cm³/mol. The van der Waals surface area contributed by atoms with Crippen molar-refractivity contribution in [3.05, 3.63) is 0 Å². The molecule has 5 nitrogen and oxygen atoms in total. The maximum absolute atomic E-state index is 10.6. The molecule has 0 aromatic carbocycles. The lowest BCUT2D eigenvalue weighted by Gasteiger charge is -2.29. The number of carboxylic acid groups (broad SMARTS) is 2. The summed E-state index contributed by atoms with van der Waals surface area (Å²) in [5, 5.41) is 17.2. The third kappa shape index (κ3) is 3.02. The Labute approximate surface area is 76.5 Å². The van der Waals surface area contributed by atoms with Crippen LogP contribution in [0.2, 0.25) is 0 Å². The molecule has 5 heteroatoms. The van der Waals surface area contributed by atoms with Crippen molar-refractivity contribution in [2.24, 2.45) is 11.1 Å². The van der Waals surface area contributed by atoms with E-state index < -0.39 is 23.4 Å². The first-order valence-electron chi connectivity index (χ1n) is 4.03. The van der Waals surface area contributed by atoms with E-state index in [-0.39, 0.29) is 6.42 Å². The molecule has 0 aliphatic rings. The molecule has 0 aliphatic carbocycles. The van der Waals surface area contributed by atoms with Gasteiger partial charge in [-0.3, -0.25) is 9.59 Å². The highest BCUT2D eigenvalue weighted by Gasteiger charge is 2.36. The number of rotatable bonds is 5. The molecule has 0 amide bonds. The van der Waals surface area contributed by atoms with Crippen molar-refractivity contribution in [2.45, 2.75) is 32.7 Å². The quantitative estimate of drug-likeness (QED) is 0.577. The monoisotopic (exact) mass is 189 g/mol. The molecule has 0 aromatic rings. The molecule has 1 unspecified atom stereocenters. The Balaban J connectivity index is 4.61. The second-order valence-electron chi connectivity index (χ2n) is 3.39. The summed E-state index contributed by atoms with van der Waals surface area (Å²) in [5.41, 5.74) is 4.51. The van der Waals surface area contributed by atoms with Crippen molar-refractivity contribution in [1.29, 1.82) is 0 Å². The van der Waals surface area contributed by atoms with Crippen molar-refractivity contribution in [3.8, 4) is 0 Å². The van der Waals surface area contributed by atoms with Crippen molar-refractivity contribution < 1.29 is 19.8 Å². The number of carboxylic acids is 2. The fourth-order valence-corrected chi connectivity index (χ4v) is 1.10. The van der Waals surface area contributed by atoms with E-state index in [1.54, 1.807) is 13.8 Å². The molecule has 2 atom stereocenters. The van der Waals surface area contributed by atoms with Crippen LogP contribution >= 0.6 is 0 Å². The molecule has 0 radical (unpaired) electrons. The highest BCUT2D eigenvalue weighted by molar-refractivity contribution is 5.76. The number of aliphatic carboxylic acids is 2. The maximum Gasteiger partial charge on any atom is 0.321 e. The van der Waals surface area contributed by atoms with Crippen molar-refractivity contribution in [1.82, 2.24) is 0 Å². The first kappa shape index (κ1) is 11.9. The van der Waals surface area contributed by atoms with Gasteiger partial charge in [0.1, 0.15) is 6.04 Å². The summed E-state index contributed by atoms with van der Waals surface area (Å²) in [5.74, 6) is -2.19. The molecule has 0 saturated heterocycles. The van der Waals surface area contributed by atoms with Gasteiger partial charge in [-0.1, -0.05) is 13.8 Å². The lowest BCUT2D eigenvalue weighted by atomic mass is 9.77. The summed E-state index contributed by atoms with van der Waals surface area (Å²) < 4.78 is 0. The van der Waals surface area contributed by atoms with Crippen LogP contribution in [0.1, 0.15) is 26.7 Å². The molecule has 0 saturated carbocycles. The normalized spacial score (nSPS) is 17.5. The zero-order valence-corrected chi connectivity index (χ0v) is 7.78. The highest BCUT2D eigenvalue weighted by atomic mass is 16.4. The van der Waals surface area contributed by atoms with Crippen LogP contribution in [0.15, 0.2) is 0 Å². The summed E-state index contributed by atoms with van der Waals surface area (Å²) in [7, 11) is 0. The number of hydrogen-bond acceptors (Lipinski definition) is 3. The van der Waals surface area contributed by atoms with Gasteiger partial charge in [-0.25, -0.2) is 0 Å². The first-order chi connectivity index (χ1) is 5.83. The Morgan fingerprint density at radius 3 is 2.15 bits per heavy atom. The van der Waals surface area contributed by atoms with E-state index in [1.807, 2.05) is 0 Å². The van der Waals surface area contributed by atoms with Gasteiger partial charge in [0.2, 0.25) is 0 Å². The fourth-order valence-electron chi connectivity index (χ4n) is 1.10. The summed E-state index contributed by atoms with van der Waals surface area (Å²) in [6.45, 7) is 3.30. The minimum atomic E-state index is -1.16. The number of carbonyl (C=O) groups is 2. The van der Waals surface area contributed by atoms with Crippen LogP contribution in [0.3, 0.4) is 0 Å². The molecule has 76 valence electrons. The van der Waals surface area contributed by atoms with E-state index in [9.17, 15) is 9.59 Å². The third-order valence-electron chi connectivity index (χ3n) is 2.38. The molecule has 0 bridgehead atoms. The van der Waals surface area contributed by atoms with E-state index >= 15 is 0 Å². The van der Waals surface area contributed by atoms with Gasteiger partial charge in [0.15, 0.2) is 0 Å². The number of nitrogens with two attached hydrogens (primary N) is 1. The predicted octanol–water partition coefficient (Wildman–Crippen LogP) is 0.289. The average molecular weight is 189 g/mol. The molecule has 0 spiro atoms. The van der Waals surface area contributed by atoms with Gasteiger partial charge in [-0.15, -0.1) is 0 Å². The van der Waals surface area contributed by atoms with E-state index in [2.05, 4.69) is 0 Å². The van der Waals surface area contributed by atoms with Gasteiger partial charge in [-0.2, -0.15) is 0 Å². The Morgan fingerprint density at radius 1 is 1.46 bits per heavy atom. The van der Waals surface area contributed by atoms with Crippen LogP contribution in [0.25, 0.3) is 0 Å². The summed E-state index contributed by atoms with van der Waals surface area (Å²) in [4.78, 5) is 21.0. The van der Waals surface area contributed by atoms with Crippen LogP contribution in [0.4, 0.5) is 0 Å². The molecular weight excluding hydrogens is 174 g/mol. The molecule has 0 rings (SSSR count). The van der Waals surface area contributed by atoms with Crippen molar-refractivity contribution in [3.63, 3.8) is 0 Å². The lowest BCUT2D eigenvalue weighted by molar-refractivity contribution is -0.145. The van der Waals surface area contributed by atoms with E-state index in [0.29, 0.717) is 6.42 Å². The fraction of sp³-hybridized carbons (Fsp3) is 0.750. The van der Waals surface area contributed by atoms with E-state index in [4.69, 9.17) is 15.9 Å². The van der Waals surface area contributed by atoms with E-state index in [1.165, 1.54) is 0 Å². The smallest absolute Gasteiger partial charge is 0.321 e. The lowest BCUT2D eigenvalue weighted by Crippen LogP contribution is -2.46. The van der Waals surface area contributed by atoms with Gasteiger partial charge in [0, 0.05) is 5.41 Å². The van der Waals surface area contributed by atoms with Gasteiger partial charge in [0.05, 0.1) is 6.42 Å².